The Morgan fingerprint density at radius 3 is 2.11 bits per heavy atom. The first kappa shape index (κ1) is 17.4. The molecule has 0 aromatic heterocycles. The fraction of sp³-hybridized carbons (Fsp3) is 0.733. The number of hydrogen-bond acceptors (Lipinski definition) is 3. The van der Waals surface area contributed by atoms with E-state index in [-0.39, 0.29) is 6.04 Å². The minimum absolute atomic E-state index is 0.159. The summed E-state index contributed by atoms with van der Waals surface area (Å²) in [7, 11) is 0. The lowest BCUT2D eigenvalue weighted by molar-refractivity contribution is 0.0471. The Labute approximate surface area is 112 Å². The van der Waals surface area contributed by atoms with E-state index in [0.717, 1.165) is 23.1 Å². The number of allylic oxidation sites excluding steroid dienone is 1. The first-order valence-electron chi connectivity index (χ1n) is 6.66. The third kappa shape index (κ3) is 5.34. The van der Waals surface area contributed by atoms with Gasteiger partial charge in [-0.15, -0.1) is 0 Å². The van der Waals surface area contributed by atoms with E-state index < -0.39 is 11.8 Å². The molecule has 0 aromatic rings. The maximum absolute atomic E-state index is 10.6. The Morgan fingerprint density at radius 2 is 1.83 bits per heavy atom. The van der Waals surface area contributed by atoms with Crippen molar-refractivity contribution in [3.8, 4) is 0 Å². The van der Waals surface area contributed by atoms with Gasteiger partial charge in [-0.1, -0.05) is 19.1 Å². The highest BCUT2D eigenvalue weighted by Gasteiger charge is 2.29. The van der Waals surface area contributed by atoms with Crippen LogP contribution >= 0.6 is 0 Å². The molecule has 0 heterocycles. The van der Waals surface area contributed by atoms with Crippen molar-refractivity contribution in [2.75, 3.05) is 0 Å². The number of rotatable bonds is 7. The molecule has 0 saturated carbocycles. The van der Waals surface area contributed by atoms with Crippen molar-refractivity contribution in [1.29, 1.82) is 0 Å². The Kier molecular flexibility index (Phi) is 6.82. The fourth-order valence-corrected chi connectivity index (χ4v) is 2.31. The molecule has 0 aromatic carbocycles. The quantitative estimate of drug-likeness (QED) is 0.484. The SMILES string of the molecule is C=C(C)C/C(=C(/CC)C(C)O)C(C)(O)NC(C)C. The summed E-state index contributed by atoms with van der Waals surface area (Å²) in [6.07, 6.45) is 0.765. The first-order valence-corrected chi connectivity index (χ1v) is 6.66. The molecule has 2 atom stereocenters. The van der Waals surface area contributed by atoms with Gasteiger partial charge in [-0.2, -0.15) is 0 Å². The van der Waals surface area contributed by atoms with Crippen LogP contribution in [0.5, 0.6) is 0 Å². The summed E-state index contributed by atoms with van der Waals surface area (Å²) in [5.41, 5.74) is 1.58. The van der Waals surface area contributed by atoms with E-state index in [4.69, 9.17) is 0 Å². The maximum atomic E-state index is 10.6. The molecule has 106 valence electrons. The molecule has 2 unspecified atom stereocenters. The smallest absolute Gasteiger partial charge is 0.136 e. The van der Waals surface area contributed by atoms with Gasteiger partial charge in [0.1, 0.15) is 5.72 Å². The molecule has 3 heteroatoms. The second-order valence-electron chi connectivity index (χ2n) is 5.54. The van der Waals surface area contributed by atoms with Gasteiger partial charge >= 0.3 is 0 Å². The van der Waals surface area contributed by atoms with Gasteiger partial charge in [-0.25, -0.2) is 0 Å². The van der Waals surface area contributed by atoms with Crippen LogP contribution in [0, 0.1) is 0 Å². The third-order valence-electron chi connectivity index (χ3n) is 2.91. The zero-order valence-corrected chi connectivity index (χ0v) is 12.7. The summed E-state index contributed by atoms with van der Waals surface area (Å²) in [6.45, 7) is 15.3. The van der Waals surface area contributed by atoms with Crippen molar-refractivity contribution >= 4 is 0 Å². The topological polar surface area (TPSA) is 52.5 Å². The van der Waals surface area contributed by atoms with E-state index in [0.29, 0.717) is 6.42 Å². The van der Waals surface area contributed by atoms with Crippen molar-refractivity contribution in [2.45, 2.75) is 72.3 Å². The van der Waals surface area contributed by atoms with Gasteiger partial charge in [0.2, 0.25) is 0 Å². The van der Waals surface area contributed by atoms with Crippen molar-refractivity contribution in [2.24, 2.45) is 0 Å². The van der Waals surface area contributed by atoms with Crippen molar-refractivity contribution in [3.05, 3.63) is 23.3 Å². The van der Waals surface area contributed by atoms with E-state index in [2.05, 4.69) is 11.9 Å². The van der Waals surface area contributed by atoms with Crippen LogP contribution in [0.3, 0.4) is 0 Å². The predicted molar refractivity (Wildman–Crippen MR) is 77.3 cm³/mol. The summed E-state index contributed by atoms with van der Waals surface area (Å²) < 4.78 is 0. The Morgan fingerprint density at radius 1 is 1.33 bits per heavy atom. The Hall–Kier alpha value is -0.640. The fourth-order valence-electron chi connectivity index (χ4n) is 2.31. The molecule has 3 N–H and O–H groups in total. The van der Waals surface area contributed by atoms with Crippen LogP contribution in [0.2, 0.25) is 0 Å². The number of aliphatic hydroxyl groups is 2. The van der Waals surface area contributed by atoms with Crippen LogP contribution in [0.1, 0.15) is 54.4 Å². The minimum Gasteiger partial charge on any atom is -0.389 e. The molecule has 0 aliphatic carbocycles. The van der Waals surface area contributed by atoms with Crippen molar-refractivity contribution < 1.29 is 10.2 Å². The molecule has 0 aliphatic heterocycles. The third-order valence-corrected chi connectivity index (χ3v) is 2.91. The van der Waals surface area contributed by atoms with Crippen LogP contribution in [0.15, 0.2) is 23.3 Å². The molecule has 0 saturated heterocycles. The Balaban J connectivity index is 5.52. The van der Waals surface area contributed by atoms with Crippen LogP contribution in [0.25, 0.3) is 0 Å². The van der Waals surface area contributed by atoms with Gasteiger partial charge in [0.15, 0.2) is 0 Å². The van der Waals surface area contributed by atoms with E-state index in [1.54, 1.807) is 13.8 Å². The van der Waals surface area contributed by atoms with Crippen LogP contribution in [0.4, 0.5) is 0 Å². The summed E-state index contributed by atoms with van der Waals surface area (Å²) in [5.74, 6) is 0. The highest BCUT2D eigenvalue weighted by Crippen LogP contribution is 2.28. The molecule has 0 bridgehead atoms. The van der Waals surface area contributed by atoms with E-state index >= 15 is 0 Å². The summed E-state index contributed by atoms with van der Waals surface area (Å²) in [5, 5.41) is 23.6. The molecule has 0 amide bonds. The number of hydrogen-bond donors (Lipinski definition) is 3. The van der Waals surface area contributed by atoms with Crippen LogP contribution in [-0.2, 0) is 0 Å². The lowest BCUT2D eigenvalue weighted by Gasteiger charge is -2.33. The minimum atomic E-state index is -1.12. The molecule has 0 spiro atoms. The Bertz CT molecular complexity index is 314. The molecule has 3 nitrogen and oxygen atoms in total. The molecular formula is C15H29NO2. The van der Waals surface area contributed by atoms with Crippen molar-refractivity contribution in [3.63, 3.8) is 0 Å². The van der Waals surface area contributed by atoms with Gasteiger partial charge in [-0.05, 0) is 58.6 Å². The van der Waals surface area contributed by atoms with E-state index in [1.165, 1.54) is 0 Å². The molecule has 0 rings (SSSR count). The second-order valence-corrected chi connectivity index (χ2v) is 5.54. The molecule has 0 aliphatic rings. The first-order chi connectivity index (χ1) is 8.11. The van der Waals surface area contributed by atoms with E-state index in [1.807, 2.05) is 27.7 Å². The van der Waals surface area contributed by atoms with Crippen LogP contribution < -0.4 is 5.32 Å². The number of nitrogens with one attached hydrogen (secondary N) is 1. The zero-order valence-electron chi connectivity index (χ0n) is 12.7. The largest absolute Gasteiger partial charge is 0.389 e. The summed E-state index contributed by atoms with van der Waals surface area (Å²) in [4.78, 5) is 0. The van der Waals surface area contributed by atoms with Gasteiger partial charge in [0.05, 0.1) is 6.10 Å². The van der Waals surface area contributed by atoms with Crippen molar-refractivity contribution in [1.82, 2.24) is 5.32 Å². The normalized spacial score (nSPS) is 18.3. The molecular weight excluding hydrogens is 226 g/mol. The predicted octanol–water partition coefficient (Wildman–Crippen LogP) is 2.75. The number of aliphatic hydroxyl groups excluding tert-OH is 1. The molecule has 18 heavy (non-hydrogen) atoms. The second kappa shape index (κ2) is 7.07. The average molecular weight is 255 g/mol. The summed E-state index contributed by atoms with van der Waals surface area (Å²) >= 11 is 0. The van der Waals surface area contributed by atoms with Gasteiger partial charge in [0, 0.05) is 6.04 Å². The lowest BCUT2D eigenvalue weighted by Crippen LogP contribution is -2.48. The highest BCUT2D eigenvalue weighted by molar-refractivity contribution is 5.28. The monoisotopic (exact) mass is 255 g/mol. The average Bonchev–Trinajstić information content (AvgIpc) is 2.13. The standard InChI is InChI=1S/C15H29NO2/c1-8-13(12(6)17)14(9-10(2)3)15(7,18)16-11(4)5/h11-12,16-18H,2,8-9H2,1,3-7H3/b14-13+. The van der Waals surface area contributed by atoms with Crippen LogP contribution in [-0.4, -0.2) is 28.1 Å². The zero-order chi connectivity index (χ0) is 14.5. The summed E-state index contributed by atoms with van der Waals surface area (Å²) in [6, 6.07) is 0.159. The van der Waals surface area contributed by atoms with Gasteiger partial charge in [0.25, 0.3) is 0 Å². The maximum Gasteiger partial charge on any atom is 0.136 e. The lowest BCUT2D eigenvalue weighted by atomic mass is 9.88. The highest BCUT2D eigenvalue weighted by atomic mass is 16.3. The van der Waals surface area contributed by atoms with E-state index in [9.17, 15) is 10.2 Å². The van der Waals surface area contributed by atoms with Gasteiger partial charge in [-0.3, -0.25) is 5.32 Å². The molecule has 0 radical (unpaired) electrons. The molecule has 0 fully saturated rings. The van der Waals surface area contributed by atoms with Gasteiger partial charge < -0.3 is 10.2 Å².